The van der Waals surface area contributed by atoms with Gasteiger partial charge in [0.05, 0.1) is 5.56 Å². The van der Waals surface area contributed by atoms with Crippen LogP contribution in [0.25, 0.3) is 10.8 Å². The maximum absolute atomic E-state index is 9.22. The molecule has 3 aromatic rings. The van der Waals surface area contributed by atoms with E-state index in [1.165, 1.54) is 5.39 Å². The van der Waals surface area contributed by atoms with Gasteiger partial charge in [-0.15, -0.1) is 0 Å². The maximum atomic E-state index is 9.22. The van der Waals surface area contributed by atoms with E-state index in [1.54, 1.807) is 6.20 Å². The average Bonchev–Trinajstić information content (AvgIpc) is 2.47. The number of hydrogen-bond acceptors (Lipinski definition) is 3. The van der Waals surface area contributed by atoms with E-state index in [-0.39, 0.29) is 0 Å². The number of fused-ring (bicyclic) bond motifs is 1. The molecule has 1 heterocycles. The predicted octanol–water partition coefficient (Wildman–Crippen LogP) is 4.16. The number of pyridine rings is 1. The molecule has 3 nitrogen and oxygen atoms in total. The van der Waals surface area contributed by atoms with Crippen LogP contribution in [0.4, 0.5) is 11.5 Å². The fourth-order valence-corrected chi connectivity index (χ4v) is 2.20. The minimum atomic E-state index is 0.584. The van der Waals surface area contributed by atoms with Gasteiger partial charge in [0, 0.05) is 11.9 Å². The summed E-state index contributed by atoms with van der Waals surface area (Å²) in [5.41, 5.74) is 2.43. The largest absolute Gasteiger partial charge is 0.339 e. The van der Waals surface area contributed by atoms with Gasteiger partial charge in [-0.05, 0) is 41.5 Å². The molecule has 0 aliphatic rings. The molecule has 0 amide bonds. The Kier molecular flexibility index (Phi) is 3.06. The smallest absolute Gasteiger partial charge is 0.148 e. The minimum Gasteiger partial charge on any atom is -0.339 e. The molecule has 0 fully saturated rings. The number of nitrogens with zero attached hydrogens (tertiary/aromatic N) is 2. The first-order chi connectivity index (χ1) is 9.78. The van der Waals surface area contributed by atoms with Crippen molar-refractivity contribution in [2.45, 2.75) is 6.92 Å². The summed E-state index contributed by atoms with van der Waals surface area (Å²) in [6, 6.07) is 18.3. The monoisotopic (exact) mass is 259 g/mol. The van der Waals surface area contributed by atoms with Crippen molar-refractivity contribution in [3.8, 4) is 6.07 Å². The van der Waals surface area contributed by atoms with Crippen molar-refractivity contribution in [3.63, 3.8) is 0 Å². The molecule has 1 N–H and O–H groups in total. The molecule has 3 heteroatoms. The van der Waals surface area contributed by atoms with E-state index < -0.39 is 0 Å². The van der Waals surface area contributed by atoms with Crippen molar-refractivity contribution in [1.82, 2.24) is 4.98 Å². The summed E-state index contributed by atoms with van der Waals surface area (Å²) in [5.74, 6) is 0.600. The average molecular weight is 259 g/mol. The Morgan fingerprint density at radius 3 is 2.65 bits per heavy atom. The predicted molar refractivity (Wildman–Crippen MR) is 80.9 cm³/mol. The summed E-state index contributed by atoms with van der Waals surface area (Å²) >= 11 is 0. The summed E-state index contributed by atoms with van der Waals surface area (Å²) in [5, 5.41) is 14.8. The Balaban J connectivity index is 2.02. The SMILES string of the molecule is Cc1ccnc(Nc2ccc3ccccc3c2)c1C#N. The molecule has 0 aliphatic carbocycles. The third kappa shape index (κ3) is 2.19. The zero-order valence-corrected chi connectivity index (χ0v) is 11.1. The number of aryl methyl sites for hydroxylation is 1. The summed E-state index contributed by atoms with van der Waals surface area (Å²) in [4.78, 5) is 4.25. The van der Waals surface area contributed by atoms with Crippen molar-refractivity contribution >= 4 is 22.3 Å². The fraction of sp³-hybridized carbons (Fsp3) is 0.0588. The lowest BCUT2D eigenvalue weighted by Crippen LogP contribution is -1.98. The van der Waals surface area contributed by atoms with Gasteiger partial charge in [0.2, 0.25) is 0 Å². The first-order valence-electron chi connectivity index (χ1n) is 6.39. The van der Waals surface area contributed by atoms with Crippen LogP contribution in [-0.2, 0) is 0 Å². The zero-order chi connectivity index (χ0) is 13.9. The van der Waals surface area contributed by atoms with E-state index in [4.69, 9.17) is 0 Å². The molecule has 0 bridgehead atoms. The van der Waals surface area contributed by atoms with Crippen molar-refractivity contribution in [2.75, 3.05) is 5.32 Å². The van der Waals surface area contributed by atoms with Gasteiger partial charge in [-0.2, -0.15) is 5.26 Å². The van der Waals surface area contributed by atoms with Gasteiger partial charge in [0.1, 0.15) is 11.9 Å². The number of nitrogens with one attached hydrogen (secondary N) is 1. The third-order valence-corrected chi connectivity index (χ3v) is 3.28. The quantitative estimate of drug-likeness (QED) is 0.751. The molecule has 2 aromatic carbocycles. The third-order valence-electron chi connectivity index (χ3n) is 3.28. The Morgan fingerprint density at radius 1 is 1.05 bits per heavy atom. The summed E-state index contributed by atoms with van der Waals surface area (Å²) in [6.07, 6.45) is 1.71. The number of nitriles is 1. The first kappa shape index (κ1) is 12.2. The molecule has 0 aliphatic heterocycles. The second-order valence-corrected chi connectivity index (χ2v) is 4.65. The molecule has 3 rings (SSSR count). The normalized spacial score (nSPS) is 10.2. The van der Waals surface area contributed by atoms with Gasteiger partial charge in [0.25, 0.3) is 0 Å². The molecule has 0 unspecified atom stereocenters. The van der Waals surface area contributed by atoms with Crippen LogP contribution in [0.2, 0.25) is 0 Å². The van der Waals surface area contributed by atoms with Crippen LogP contribution >= 0.6 is 0 Å². The van der Waals surface area contributed by atoms with Gasteiger partial charge in [-0.25, -0.2) is 4.98 Å². The molecular formula is C17H13N3. The number of anilines is 2. The number of rotatable bonds is 2. The number of aromatic nitrogens is 1. The van der Waals surface area contributed by atoms with Crippen LogP contribution in [0.15, 0.2) is 54.7 Å². The Hall–Kier alpha value is -2.86. The Bertz CT molecular complexity index is 816. The van der Waals surface area contributed by atoms with E-state index in [0.29, 0.717) is 11.4 Å². The van der Waals surface area contributed by atoms with Crippen molar-refractivity contribution in [3.05, 3.63) is 65.9 Å². The summed E-state index contributed by atoms with van der Waals surface area (Å²) in [6.45, 7) is 1.91. The van der Waals surface area contributed by atoms with Crippen molar-refractivity contribution in [1.29, 1.82) is 5.26 Å². The topological polar surface area (TPSA) is 48.7 Å². The molecule has 20 heavy (non-hydrogen) atoms. The van der Waals surface area contributed by atoms with Crippen LogP contribution in [0.3, 0.4) is 0 Å². The van der Waals surface area contributed by atoms with Gasteiger partial charge in [-0.3, -0.25) is 0 Å². The Labute approximate surface area is 117 Å². The van der Waals surface area contributed by atoms with Crippen LogP contribution in [0, 0.1) is 18.3 Å². The molecule has 1 aromatic heterocycles. The maximum Gasteiger partial charge on any atom is 0.148 e. The summed E-state index contributed by atoms with van der Waals surface area (Å²) in [7, 11) is 0. The van der Waals surface area contributed by atoms with Crippen LogP contribution in [0.1, 0.15) is 11.1 Å². The lowest BCUT2D eigenvalue weighted by Gasteiger charge is -2.09. The number of hydrogen-bond donors (Lipinski definition) is 1. The second kappa shape index (κ2) is 5.02. The highest BCUT2D eigenvalue weighted by Crippen LogP contribution is 2.24. The van der Waals surface area contributed by atoms with E-state index in [9.17, 15) is 5.26 Å². The molecule has 0 saturated heterocycles. The van der Waals surface area contributed by atoms with Gasteiger partial charge < -0.3 is 5.32 Å². The zero-order valence-electron chi connectivity index (χ0n) is 11.1. The molecule has 0 radical (unpaired) electrons. The molecule has 0 saturated carbocycles. The van der Waals surface area contributed by atoms with Gasteiger partial charge >= 0.3 is 0 Å². The van der Waals surface area contributed by atoms with Gasteiger partial charge in [0.15, 0.2) is 0 Å². The molecule has 0 spiro atoms. The first-order valence-corrected chi connectivity index (χ1v) is 6.39. The highest BCUT2D eigenvalue weighted by molar-refractivity contribution is 5.86. The van der Waals surface area contributed by atoms with E-state index in [1.807, 2.05) is 31.2 Å². The van der Waals surface area contributed by atoms with E-state index in [0.717, 1.165) is 16.6 Å². The molecule has 0 atom stereocenters. The number of benzene rings is 2. The fourth-order valence-electron chi connectivity index (χ4n) is 2.20. The van der Waals surface area contributed by atoms with Crippen LogP contribution < -0.4 is 5.32 Å². The lowest BCUT2D eigenvalue weighted by molar-refractivity contribution is 1.25. The lowest BCUT2D eigenvalue weighted by atomic mass is 10.1. The summed E-state index contributed by atoms with van der Waals surface area (Å²) < 4.78 is 0. The van der Waals surface area contributed by atoms with Crippen LogP contribution in [-0.4, -0.2) is 4.98 Å². The molecular weight excluding hydrogens is 246 g/mol. The highest BCUT2D eigenvalue weighted by Gasteiger charge is 2.06. The van der Waals surface area contributed by atoms with Crippen LogP contribution in [0.5, 0.6) is 0 Å². The van der Waals surface area contributed by atoms with E-state index in [2.05, 4.69) is 40.6 Å². The van der Waals surface area contributed by atoms with E-state index >= 15 is 0 Å². The van der Waals surface area contributed by atoms with Crippen molar-refractivity contribution in [2.24, 2.45) is 0 Å². The second-order valence-electron chi connectivity index (χ2n) is 4.65. The standard InChI is InChI=1S/C17H13N3/c1-12-8-9-19-17(16(12)11-18)20-15-7-6-13-4-2-3-5-14(13)10-15/h2-10H,1H3,(H,19,20). The highest BCUT2D eigenvalue weighted by atomic mass is 15.0. The Morgan fingerprint density at radius 2 is 1.85 bits per heavy atom. The minimum absolute atomic E-state index is 0.584. The van der Waals surface area contributed by atoms with Gasteiger partial charge in [-0.1, -0.05) is 30.3 Å². The molecule has 96 valence electrons. The van der Waals surface area contributed by atoms with Crippen molar-refractivity contribution < 1.29 is 0 Å².